The summed E-state index contributed by atoms with van der Waals surface area (Å²) in [5, 5.41) is 13.5. The molecule has 0 bridgehead atoms. The summed E-state index contributed by atoms with van der Waals surface area (Å²) in [5.74, 6) is 1.23. The fourth-order valence-electron chi connectivity index (χ4n) is 3.60. The van der Waals surface area contributed by atoms with Crippen LogP contribution in [0.25, 0.3) is 0 Å². The molecule has 3 nitrogen and oxygen atoms in total. The zero-order valence-corrected chi connectivity index (χ0v) is 11.0. The molecule has 0 spiro atoms. The highest BCUT2D eigenvalue weighted by Gasteiger charge is 2.37. The van der Waals surface area contributed by atoms with Crippen molar-refractivity contribution in [1.29, 1.82) is 0 Å². The molecule has 0 amide bonds. The molecule has 1 aromatic carbocycles. The number of fused-ring (bicyclic) bond motifs is 1. The molecule has 2 aliphatic rings. The molecule has 2 fully saturated rings. The van der Waals surface area contributed by atoms with Gasteiger partial charge in [-0.25, -0.2) is 0 Å². The van der Waals surface area contributed by atoms with Gasteiger partial charge in [0.2, 0.25) is 0 Å². The third-order valence-electron chi connectivity index (χ3n) is 4.61. The Kier molecular flexibility index (Phi) is 3.27. The molecule has 2 saturated heterocycles. The third-order valence-corrected chi connectivity index (χ3v) is 4.61. The van der Waals surface area contributed by atoms with Crippen molar-refractivity contribution in [3.63, 3.8) is 0 Å². The Bertz CT molecular complexity index is 421. The quantitative estimate of drug-likeness (QED) is 0.839. The summed E-state index contributed by atoms with van der Waals surface area (Å²) in [6.07, 6.45) is 2.63. The van der Waals surface area contributed by atoms with Gasteiger partial charge in [-0.15, -0.1) is 0 Å². The summed E-state index contributed by atoms with van der Waals surface area (Å²) in [5.41, 5.74) is 1.06. The normalized spacial score (nSPS) is 30.1. The predicted octanol–water partition coefficient (Wildman–Crippen LogP) is 2.14. The molecule has 0 aromatic heterocycles. The number of nitrogens with zero attached hydrogens (tertiary/aromatic N) is 1. The maximum Gasteiger partial charge on any atom is 0.120 e. The molecular weight excluding hydrogens is 224 g/mol. The average Bonchev–Trinajstić information content (AvgIpc) is 2.86. The summed E-state index contributed by atoms with van der Waals surface area (Å²) >= 11 is 0. The number of benzene rings is 1. The number of likely N-dealkylation sites (tertiary alicyclic amines) is 1. The van der Waals surface area contributed by atoms with Crippen LogP contribution in [0, 0.1) is 5.92 Å². The smallest absolute Gasteiger partial charge is 0.120 e. The SMILES string of the molecule is CC(c1ccccc1O)N1CCCC2CNCC21. The van der Waals surface area contributed by atoms with E-state index in [2.05, 4.69) is 17.1 Å². The van der Waals surface area contributed by atoms with Crippen LogP contribution in [0.1, 0.15) is 31.4 Å². The van der Waals surface area contributed by atoms with Gasteiger partial charge in [-0.1, -0.05) is 18.2 Å². The predicted molar refractivity (Wildman–Crippen MR) is 72.6 cm³/mol. The van der Waals surface area contributed by atoms with E-state index in [1.807, 2.05) is 18.2 Å². The van der Waals surface area contributed by atoms with E-state index in [1.54, 1.807) is 6.07 Å². The number of rotatable bonds is 2. The van der Waals surface area contributed by atoms with Crippen LogP contribution < -0.4 is 5.32 Å². The summed E-state index contributed by atoms with van der Waals surface area (Å²) in [7, 11) is 0. The minimum absolute atomic E-state index is 0.305. The number of hydrogen-bond donors (Lipinski definition) is 2. The van der Waals surface area contributed by atoms with Crippen LogP contribution in [0.2, 0.25) is 0 Å². The molecule has 2 N–H and O–H groups in total. The highest BCUT2D eigenvalue weighted by atomic mass is 16.3. The molecule has 0 aliphatic carbocycles. The molecule has 3 rings (SSSR count). The topological polar surface area (TPSA) is 35.5 Å². The van der Waals surface area contributed by atoms with Crippen LogP contribution in [-0.4, -0.2) is 35.7 Å². The minimum atomic E-state index is 0.305. The van der Waals surface area contributed by atoms with Crippen molar-refractivity contribution >= 4 is 0 Å². The second-order valence-corrected chi connectivity index (χ2v) is 5.60. The number of hydrogen-bond acceptors (Lipinski definition) is 3. The average molecular weight is 246 g/mol. The van der Waals surface area contributed by atoms with Crippen molar-refractivity contribution in [2.24, 2.45) is 5.92 Å². The van der Waals surface area contributed by atoms with E-state index >= 15 is 0 Å². The van der Waals surface area contributed by atoms with Gasteiger partial charge in [-0.3, -0.25) is 4.90 Å². The number of aromatic hydroxyl groups is 1. The monoisotopic (exact) mass is 246 g/mol. The number of phenols is 1. The number of piperidine rings is 1. The molecule has 3 atom stereocenters. The third kappa shape index (κ3) is 2.02. The molecule has 2 aliphatic heterocycles. The van der Waals surface area contributed by atoms with Crippen LogP contribution in [0.15, 0.2) is 24.3 Å². The molecule has 1 aromatic rings. The Morgan fingerprint density at radius 2 is 2.17 bits per heavy atom. The van der Waals surface area contributed by atoms with Gasteiger partial charge < -0.3 is 10.4 Å². The molecule has 0 saturated carbocycles. The summed E-state index contributed by atoms with van der Waals surface area (Å²) in [6.45, 7) is 5.63. The van der Waals surface area contributed by atoms with Crippen molar-refractivity contribution in [2.45, 2.75) is 31.8 Å². The van der Waals surface area contributed by atoms with E-state index in [0.717, 1.165) is 31.1 Å². The lowest BCUT2D eigenvalue weighted by molar-refractivity contribution is 0.0836. The molecule has 3 unspecified atom stereocenters. The first-order chi connectivity index (χ1) is 8.77. The van der Waals surface area contributed by atoms with Gasteiger partial charge in [0.25, 0.3) is 0 Å². The van der Waals surface area contributed by atoms with E-state index in [0.29, 0.717) is 17.8 Å². The van der Waals surface area contributed by atoms with E-state index in [-0.39, 0.29) is 0 Å². The maximum atomic E-state index is 10.0. The van der Waals surface area contributed by atoms with Crippen molar-refractivity contribution < 1.29 is 5.11 Å². The highest BCUT2D eigenvalue weighted by Crippen LogP contribution is 2.35. The summed E-state index contributed by atoms with van der Waals surface area (Å²) in [4.78, 5) is 2.57. The van der Waals surface area contributed by atoms with Crippen molar-refractivity contribution in [1.82, 2.24) is 10.2 Å². The van der Waals surface area contributed by atoms with Crippen LogP contribution in [0.3, 0.4) is 0 Å². The van der Waals surface area contributed by atoms with Gasteiger partial charge in [-0.05, 0) is 44.8 Å². The van der Waals surface area contributed by atoms with Gasteiger partial charge in [-0.2, -0.15) is 0 Å². The molecular formula is C15H22N2O. The fourth-order valence-corrected chi connectivity index (χ4v) is 3.60. The van der Waals surface area contributed by atoms with Crippen molar-refractivity contribution in [3.8, 4) is 5.75 Å². The zero-order valence-electron chi connectivity index (χ0n) is 11.0. The second-order valence-electron chi connectivity index (χ2n) is 5.60. The van der Waals surface area contributed by atoms with Gasteiger partial charge >= 0.3 is 0 Å². The highest BCUT2D eigenvalue weighted by molar-refractivity contribution is 5.34. The first-order valence-corrected chi connectivity index (χ1v) is 7.01. The lowest BCUT2D eigenvalue weighted by Crippen LogP contribution is -2.46. The summed E-state index contributed by atoms with van der Waals surface area (Å²) < 4.78 is 0. The molecule has 0 radical (unpaired) electrons. The second kappa shape index (κ2) is 4.90. The standard InChI is InChI=1S/C15H22N2O/c1-11(13-6-2-3-7-15(13)18)17-8-4-5-12-9-16-10-14(12)17/h2-3,6-7,11-12,14,16,18H,4-5,8-10H2,1H3. The largest absolute Gasteiger partial charge is 0.508 e. The summed E-state index contributed by atoms with van der Waals surface area (Å²) in [6, 6.07) is 8.69. The first-order valence-electron chi connectivity index (χ1n) is 7.01. The molecule has 2 heterocycles. The van der Waals surface area contributed by atoms with Crippen LogP contribution in [0.5, 0.6) is 5.75 Å². The van der Waals surface area contributed by atoms with E-state index in [4.69, 9.17) is 0 Å². The number of para-hydroxylation sites is 1. The zero-order chi connectivity index (χ0) is 12.5. The van der Waals surface area contributed by atoms with Gasteiger partial charge in [0.15, 0.2) is 0 Å². The van der Waals surface area contributed by atoms with Gasteiger partial charge in [0, 0.05) is 24.2 Å². The minimum Gasteiger partial charge on any atom is -0.508 e. The van der Waals surface area contributed by atoms with Crippen LogP contribution in [-0.2, 0) is 0 Å². The fraction of sp³-hybridized carbons (Fsp3) is 0.600. The Hall–Kier alpha value is -1.06. The van der Waals surface area contributed by atoms with E-state index in [9.17, 15) is 5.11 Å². The number of nitrogens with one attached hydrogen (secondary N) is 1. The van der Waals surface area contributed by atoms with E-state index in [1.165, 1.54) is 12.8 Å². The molecule has 3 heteroatoms. The van der Waals surface area contributed by atoms with E-state index < -0.39 is 0 Å². The molecule has 98 valence electrons. The molecule has 18 heavy (non-hydrogen) atoms. The number of phenolic OH excluding ortho intramolecular Hbond substituents is 1. The maximum absolute atomic E-state index is 10.0. The first kappa shape index (κ1) is 12.0. The van der Waals surface area contributed by atoms with Crippen molar-refractivity contribution in [3.05, 3.63) is 29.8 Å². The Balaban J connectivity index is 1.83. The van der Waals surface area contributed by atoms with Crippen molar-refractivity contribution in [2.75, 3.05) is 19.6 Å². The van der Waals surface area contributed by atoms with Gasteiger partial charge in [0.05, 0.1) is 0 Å². The Morgan fingerprint density at radius 3 is 3.00 bits per heavy atom. The van der Waals surface area contributed by atoms with Crippen LogP contribution in [0.4, 0.5) is 0 Å². The van der Waals surface area contributed by atoms with Gasteiger partial charge in [0.1, 0.15) is 5.75 Å². The Morgan fingerprint density at radius 1 is 1.33 bits per heavy atom. The van der Waals surface area contributed by atoms with Crippen LogP contribution >= 0.6 is 0 Å². The Labute approximate surface area is 109 Å². The lowest BCUT2D eigenvalue weighted by atomic mass is 9.89. The lowest BCUT2D eigenvalue weighted by Gasteiger charge is -2.41.